The van der Waals surface area contributed by atoms with Crippen LogP contribution in [0.25, 0.3) is 0 Å². The van der Waals surface area contributed by atoms with Crippen LogP contribution in [0.1, 0.15) is 47.1 Å². The van der Waals surface area contributed by atoms with Gasteiger partial charge in [-0.25, -0.2) is 0 Å². The highest BCUT2D eigenvalue weighted by Gasteiger charge is 2.20. The average Bonchev–Trinajstić information content (AvgIpc) is 2.71. The molecule has 2 rings (SSSR count). The molecule has 1 atom stereocenters. The standard InChI is InChI=1S/C14H16N2O/c1-9(12-7-5-4-6-8-12)13-10(2)15-16-14(13)11(3)17/h4-9H,1-3H3,(H,15,16). The fourth-order valence-corrected chi connectivity index (χ4v) is 2.14. The summed E-state index contributed by atoms with van der Waals surface area (Å²) >= 11 is 0. The molecule has 0 fully saturated rings. The van der Waals surface area contributed by atoms with Gasteiger partial charge in [0.1, 0.15) is 5.69 Å². The molecule has 0 saturated heterocycles. The van der Waals surface area contributed by atoms with Gasteiger partial charge >= 0.3 is 0 Å². The highest BCUT2D eigenvalue weighted by molar-refractivity contribution is 5.94. The van der Waals surface area contributed by atoms with Crippen LogP contribution in [0.4, 0.5) is 0 Å². The maximum Gasteiger partial charge on any atom is 0.180 e. The fraction of sp³-hybridized carbons (Fsp3) is 0.286. The van der Waals surface area contributed by atoms with Gasteiger partial charge in [-0.1, -0.05) is 37.3 Å². The molecule has 0 spiro atoms. The molecule has 1 N–H and O–H groups in total. The Labute approximate surface area is 101 Å². The second-order valence-corrected chi connectivity index (χ2v) is 4.30. The lowest BCUT2D eigenvalue weighted by molar-refractivity contribution is 0.101. The molecule has 0 aliphatic heterocycles. The molecule has 0 bridgehead atoms. The number of aromatic nitrogens is 2. The van der Waals surface area contributed by atoms with E-state index in [1.165, 1.54) is 5.56 Å². The Morgan fingerprint density at radius 3 is 2.53 bits per heavy atom. The topological polar surface area (TPSA) is 45.8 Å². The number of ketones is 1. The monoisotopic (exact) mass is 228 g/mol. The van der Waals surface area contributed by atoms with Crippen LogP contribution in [0, 0.1) is 6.92 Å². The van der Waals surface area contributed by atoms with Crippen molar-refractivity contribution in [3.05, 3.63) is 52.8 Å². The first kappa shape index (κ1) is 11.6. The van der Waals surface area contributed by atoms with Crippen LogP contribution in [0.5, 0.6) is 0 Å². The summed E-state index contributed by atoms with van der Waals surface area (Å²) in [6.07, 6.45) is 0. The number of nitrogens with one attached hydrogen (secondary N) is 1. The van der Waals surface area contributed by atoms with Crippen molar-refractivity contribution in [1.29, 1.82) is 0 Å². The lowest BCUT2D eigenvalue weighted by Crippen LogP contribution is -2.04. The Kier molecular flexibility index (Phi) is 3.09. The minimum absolute atomic E-state index is 0.00660. The van der Waals surface area contributed by atoms with Crippen molar-refractivity contribution in [1.82, 2.24) is 10.2 Å². The minimum Gasteiger partial charge on any atom is -0.293 e. The molecular formula is C14H16N2O. The van der Waals surface area contributed by atoms with Crippen LogP contribution in [-0.4, -0.2) is 16.0 Å². The summed E-state index contributed by atoms with van der Waals surface area (Å²) < 4.78 is 0. The van der Waals surface area contributed by atoms with E-state index in [1.807, 2.05) is 25.1 Å². The van der Waals surface area contributed by atoms with E-state index in [0.717, 1.165) is 11.3 Å². The third-order valence-electron chi connectivity index (χ3n) is 3.06. The first-order chi connectivity index (χ1) is 8.11. The average molecular weight is 228 g/mol. The van der Waals surface area contributed by atoms with Crippen molar-refractivity contribution in [3.63, 3.8) is 0 Å². The summed E-state index contributed by atoms with van der Waals surface area (Å²) in [6.45, 7) is 5.60. The summed E-state index contributed by atoms with van der Waals surface area (Å²) in [5.74, 6) is 0.181. The van der Waals surface area contributed by atoms with Crippen molar-refractivity contribution >= 4 is 5.78 Å². The van der Waals surface area contributed by atoms with Crippen LogP contribution < -0.4 is 0 Å². The molecule has 1 heterocycles. The molecule has 88 valence electrons. The molecule has 0 aliphatic rings. The molecule has 0 amide bonds. The summed E-state index contributed by atoms with van der Waals surface area (Å²) in [7, 11) is 0. The summed E-state index contributed by atoms with van der Waals surface area (Å²) in [5, 5.41) is 6.99. The van der Waals surface area contributed by atoms with Gasteiger partial charge < -0.3 is 0 Å². The van der Waals surface area contributed by atoms with Crippen molar-refractivity contribution in [2.45, 2.75) is 26.7 Å². The molecule has 3 nitrogen and oxygen atoms in total. The van der Waals surface area contributed by atoms with Gasteiger partial charge in [-0.3, -0.25) is 9.89 Å². The SMILES string of the molecule is CC(=O)c1n[nH]c(C)c1C(C)c1ccccc1. The third kappa shape index (κ3) is 2.13. The predicted molar refractivity (Wildman–Crippen MR) is 67.3 cm³/mol. The number of nitrogens with zero attached hydrogens (tertiary/aromatic N) is 1. The number of Topliss-reactive ketones (excluding diaryl/α,β-unsaturated/α-hetero) is 1. The lowest BCUT2D eigenvalue weighted by Gasteiger charge is -2.12. The van der Waals surface area contributed by atoms with E-state index in [1.54, 1.807) is 6.92 Å². The highest BCUT2D eigenvalue weighted by Crippen LogP contribution is 2.28. The molecule has 3 heteroatoms. The van der Waals surface area contributed by atoms with Crippen molar-refractivity contribution < 1.29 is 4.79 Å². The molecule has 17 heavy (non-hydrogen) atoms. The Bertz CT molecular complexity index is 528. The van der Waals surface area contributed by atoms with Gasteiger partial charge in [0.25, 0.3) is 0 Å². The first-order valence-electron chi connectivity index (χ1n) is 5.72. The largest absolute Gasteiger partial charge is 0.293 e. The van der Waals surface area contributed by atoms with Gasteiger partial charge in [0.2, 0.25) is 0 Å². The molecule has 2 aromatic rings. The zero-order valence-electron chi connectivity index (χ0n) is 10.3. The van der Waals surface area contributed by atoms with E-state index in [0.29, 0.717) is 5.69 Å². The summed E-state index contributed by atoms with van der Waals surface area (Å²) in [4.78, 5) is 11.5. The normalized spacial score (nSPS) is 12.4. The predicted octanol–water partition coefficient (Wildman–Crippen LogP) is 3.07. The van der Waals surface area contributed by atoms with Crippen LogP contribution in [0.2, 0.25) is 0 Å². The molecule has 0 aliphatic carbocycles. The van der Waals surface area contributed by atoms with E-state index >= 15 is 0 Å². The number of rotatable bonds is 3. The molecular weight excluding hydrogens is 212 g/mol. The number of carbonyl (C=O) groups excluding carboxylic acids is 1. The smallest absolute Gasteiger partial charge is 0.180 e. The quantitative estimate of drug-likeness (QED) is 0.820. The Morgan fingerprint density at radius 2 is 1.94 bits per heavy atom. The van der Waals surface area contributed by atoms with Crippen LogP contribution >= 0.6 is 0 Å². The van der Waals surface area contributed by atoms with Gasteiger partial charge in [-0.15, -0.1) is 0 Å². The van der Waals surface area contributed by atoms with Crippen molar-refractivity contribution in [3.8, 4) is 0 Å². The number of hydrogen-bond acceptors (Lipinski definition) is 2. The van der Waals surface area contributed by atoms with E-state index in [2.05, 4.69) is 29.3 Å². The maximum atomic E-state index is 11.5. The van der Waals surface area contributed by atoms with E-state index in [4.69, 9.17) is 0 Å². The van der Waals surface area contributed by atoms with Crippen molar-refractivity contribution in [2.24, 2.45) is 0 Å². The van der Waals surface area contributed by atoms with Crippen LogP contribution in [0.15, 0.2) is 30.3 Å². The third-order valence-corrected chi connectivity index (χ3v) is 3.06. The van der Waals surface area contributed by atoms with E-state index in [9.17, 15) is 4.79 Å². The molecule has 0 saturated carbocycles. The lowest BCUT2D eigenvalue weighted by atomic mass is 9.91. The molecule has 1 aromatic carbocycles. The van der Waals surface area contributed by atoms with Gasteiger partial charge in [0.05, 0.1) is 0 Å². The summed E-state index contributed by atoms with van der Waals surface area (Å²) in [5.41, 5.74) is 3.72. The first-order valence-corrected chi connectivity index (χ1v) is 5.72. The number of H-pyrrole nitrogens is 1. The molecule has 0 radical (unpaired) electrons. The Hall–Kier alpha value is -1.90. The number of aryl methyl sites for hydroxylation is 1. The van der Waals surface area contributed by atoms with Gasteiger partial charge in [-0.2, -0.15) is 5.10 Å². The van der Waals surface area contributed by atoms with Crippen LogP contribution in [0.3, 0.4) is 0 Å². The number of hydrogen-bond donors (Lipinski definition) is 1. The van der Waals surface area contributed by atoms with Gasteiger partial charge in [-0.05, 0) is 12.5 Å². The second-order valence-electron chi connectivity index (χ2n) is 4.30. The number of benzene rings is 1. The van der Waals surface area contributed by atoms with Gasteiger partial charge in [0, 0.05) is 24.1 Å². The highest BCUT2D eigenvalue weighted by atomic mass is 16.1. The summed E-state index contributed by atoms with van der Waals surface area (Å²) in [6, 6.07) is 10.1. The zero-order valence-corrected chi connectivity index (χ0v) is 10.3. The van der Waals surface area contributed by atoms with Crippen molar-refractivity contribution in [2.75, 3.05) is 0 Å². The zero-order chi connectivity index (χ0) is 12.4. The second kappa shape index (κ2) is 4.53. The Balaban J connectivity index is 2.47. The maximum absolute atomic E-state index is 11.5. The van der Waals surface area contributed by atoms with E-state index < -0.39 is 0 Å². The van der Waals surface area contributed by atoms with Gasteiger partial charge in [0.15, 0.2) is 5.78 Å². The number of aromatic amines is 1. The fourth-order valence-electron chi connectivity index (χ4n) is 2.14. The minimum atomic E-state index is 0.00660. The Morgan fingerprint density at radius 1 is 1.29 bits per heavy atom. The van der Waals surface area contributed by atoms with E-state index in [-0.39, 0.29) is 11.7 Å². The molecule has 1 aromatic heterocycles. The number of carbonyl (C=O) groups is 1. The molecule has 1 unspecified atom stereocenters. The van der Waals surface area contributed by atoms with Crippen LogP contribution in [-0.2, 0) is 0 Å².